The number of aliphatic hydroxyl groups is 4. The first-order valence-corrected chi connectivity index (χ1v) is 26.4. The molecule has 0 heterocycles. The molecule has 0 fully saturated rings. The second-order valence-electron chi connectivity index (χ2n) is 18.2. The Morgan fingerprint density at radius 2 is 0.733 bits per heavy atom. The number of nitrogens with one attached hydrogen (secondary N) is 1. The molecule has 0 radical (unpaired) electrons. The molecule has 0 aromatic carbocycles. The summed E-state index contributed by atoms with van der Waals surface area (Å²) in [6.07, 6.45) is 59.3. The van der Waals surface area contributed by atoms with E-state index in [0.717, 1.165) is 44.9 Å². The summed E-state index contributed by atoms with van der Waals surface area (Å²) in [5.74, 6) is -0.592. The predicted molar refractivity (Wildman–Crippen MR) is 260 cm³/mol. The van der Waals surface area contributed by atoms with Crippen molar-refractivity contribution in [2.75, 3.05) is 6.61 Å². The third-order valence-electron chi connectivity index (χ3n) is 12.3. The molecule has 0 aromatic heterocycles. The number of hydrogen-bond acceptors (Lipinski definition) is 5. The highest BCUT2D eigenvalue weighted by Crippen LogP contribution is 2.17. The van der Waals surface area contributed by atoms with Crippen LogP contribution in [0.4, 0.5) is 0 Å². The lowest BCUT2D eigenvalue weighted by atomic mass is 10.00. The fourth-order valence-corrected chi connectivity index (χ4v) is 8.14. The van der Waals surface area contributed by atoms with Crippen LogP contribution in [0, 0.1) is 0 Å². The third kappa shape index (κ3) is 41.9. The summed E-state index contributed by atoms with van der Waals surface area (Å²) in [5, 5.41) is 43.7. The molecule has 0 aliphatic rings. The maximum Gasteiger partial charge on any atom is 0.249 e. The average molecular weight is 846 g/mol. The standard InChI is InChI=1S/C54H103NO5/c1-3-5-7-9-11-13-15-17-18-19-20-21-22-23-24-25-26-27-28-29-30-31-32-33-34-35-36-38-40-42-44-46-48-52(58)54(60)55-50(49-56)53(59)51(57)47-45-43-41-39-37-16-14-12-10-8-6-4-2/h20-21,23-24,39,41,50-53,56-59H,3-19,22,25-38,40,42-49H2,1-2H3,(H,55,60)/b21-20-,24-23-,41-39+. The largest absolute Gasteiger partial charge is 0.394 e. The highest BCUT2D eigenvalue weighted by atomic mass is 16.3. The maximum atomic E-state index is 12.5. The summed E-state index contributed by atoms with van der Waals surface area (Å²) in [4.78, 5) is 12.5. The van der Waals surface area contributed by atoms with Gasteiger partial charge in [-0.1, -0.05) is 237 Å². The number of aliphatic hydroxyl groups excluding tert-OH is 4. The Bertz CT molecular complexity index is 950. The molecule has 0 aliphatic carbocycles. The zero-order valence-corrected chi connectivity index (χ0v) is 40.0. The first-order chi connectivity index (χ1) is 29.5. The van der Waals surface area contributed by atoms with Gasteiger partial charge in [0, 0.05) is 0 Å². The van der Waals surface area contributed by atoms with E-state index in [4.69, 9.17) is 0 Å². The van der Waals surface area contributed by atoms with Crippen LogP contribution in [0.5, 0.6) is 0 Å². The van der Waals surface area contributed by atoms with E-state index in [9.17, 15) is 25.2 Å². The van der Waals surface area contributed by atoms with Crippen LogP contribution in [0.15, 0.2) is 36.5 Å². The van der Waals surface area contributed by atoms with E-state index in [1.54, 1.807) is 0 Å². The summed E-state index contributed by atoms with van der Waals surface area (Å²) in [6, 6.07) is -1.00. The molecule has 6 heteroatoms. The number of unbranched alkanes of at least 4 members (excludes halogenated alkanes) is 33. The van der Waals surface area contributed by atoms with Gasteiger partial charge in [-0.15, -0.1) is 0 Å². The van der Waals surface area contributed by atoms with Crippen molar-refractivity contribution in [2.24, 2.45) is 0 Å². The average Bonchev–Trinajstić information content (AvgIpc) is 3.25. The van der Waals surface area contributed by atoms with Gasteiger partial charge < -0.3 is 25.7 Å². The molecule has 4 atom stereocenters. The van der Waals surface area contributed by atoms with Gasteiger partial charge in [-0.3, -0.25) is 4.79 Å². The van der Waals surface area contributed by atoms with Crippen LogP contribution in [0.3, 0.4) is 0 Å². The van der Waals surface area contributed by atoms with Gasteiger partial charge in [-0.25, -0.2) is 0 Å². The van der Waals surface area contributed by atoms with Crippen LogP contribution in [0.1, 0.15) is 271 Å². The van der Waals surface area contributed by atoms with Crippen molar-refractivity contribution in [3.05, 3.63) is 36.5 Å². The smallest absolute Gasteiger partial charge is 0.249 e. The second-order valence-corrected chi connectivity index (χ2v) is 18.2. The van der Waals surface area contributed by atoms with Crippen molar-refractivity contribution in [3.63, 3.8) is 0 Å². The Hall–Kier alpha value is -1.47. The summed E-state index contributed by atoms with van der Waals surface area (Å²) < 4.78 is 0. The fourth-order valence-electron chi connectivity index (χ4n) is 8.14. The quantitative estimate of drug-likeness (QED) is 0.0309. The van der Waals surface area contributed by atoms with Gasteiger partial charge >= 0.3 is 0 Å². The van der Waals surface area contributed by atoms with Crippen molar-refractivity contribution in [2.45, 2.75) is 295 Å². The molecule has 354 valence electrons. The summed E-state index contributed by atoms with van der Waals surface area (Å²) in [6.45, 7) is 4.03. The molecule has 0 aliphatic heterocycles. The highest BCUT2D eigenvalue weighted by molar-refractivity contribution is 5.80. The zero-order chi connectivity index (χ0) is 43.8. The van der Waals surface area contributed by atoms with Crippen LogP contribution < -0.4 is 5.32 Å². The van der Waals surface area contributed by atoms with Crippen molar-refractivity contribution in [1.82, 2.24) is 5.32 Å². The molecule has 0 bridgehead atoms. The summed E-state index contributed by atoms with van der Waals surface area (Å²) in [5.41, 5.74) is 0. The van der Waals surface area contributed by atoms with E-state index in [2.05, 4.69) is 55.6 Å². The Morgan fingerprint density at radius 3 is 1.10 bits per heavy atom. The minimum Gasteiger partial charge on any atom is -0.394 e. The minimum atomic E-state index is -1.28. The van der Waals surface area contributed by atoms with Gasteiger partial charge in [0.1, 0.15) is 12.2 Å². The second kappa shape index (κ2) is 48.6. The van der Waals surface area contributed by atoms with Gasteiger partial charge in [0.25, 0.3) is 0 Å². The lowest BCUT2D eigenvalue weighted by Crippen LogP contribution is -2.53. The van der Waals surface area contributed by atoms with E-state index in [0.29, 0.717) is 12.8 Å². The van der Waals surface area contributed by atoms with E-state index in [1.165, 1.54) is 199 Å². The first-order valence-electron chi connectivity index (χ1n) is 26.4. The molecule has 5 N–H and O–H groups in total. The molecule has 1 amide bonds. The molecule has 4 unspecified atom stereocenters. The van der Waals surface area contributed by atoms with Gasteiger partial charge in [0.15, 0.2) is 0 Å². The normalized spacial score (nSPS) is 14.2. The van der Waals surface area contributed by atoms with Crippen molar-refractivity contribution >= 4 is 5.91 Å². The van der Waals surface area contributed by atoms with E-state index >= 15 is 0 Å². The van der Waals surface area contributed by atoms with Gasteiger partial charge in [-0.2, -0.15) is 0 Å². The number of allylic oxidation sites excluding steroid dienone is 6. The highest BCUT2D eigenvalue weighted by Gasteiger charge is 2.28. The first kappa shape index (κ1) is 58.5. The summed E-state index contributed by atoms with van der Waals surface area (Å²) in [7, 11) is 0. The number of rotatable bonds is 48. The summed E-state index contributed by atoms with van der Waals surface area (Å²) >= 11 is 0. The van der Waals surface area contributed by atoms with E-state index in [-0.39, 0.29) is 0 Å². The number of carbonyl (C=O) groups excluding carboxylic acids is 1. The lowest BCUT2D eigenvalue weighted by molar-refractivity contribution is -0.132. The van der Waals surface area contributed by atoms with Crippen LogP contribution in [-0.4, -0.2) is 57.3 Å². The predicted octanol–water partition coefficient (Wildman–Crippen LogP) is 14.9. The molecule has 0 spiro atoms. The SMILES string of the molecule is CCCCCCCCC/C=C/CCCC(O)C(O)C(CO)NC(=O)C(O)CCCCCCCCCCCCCCCCCC/C=C\C/C=C\CCCCCCCCCCC. The van der Waals surface area contributed by atoms with Crippen LogP contribution in [0.2, 0.25) is 0 Å². The molecular formula is C54H103NO5. The molecule has 0 aromatic rings. The molecule has 6 nitrogen and oxygen atoms in total. The minimum absolute atomic E-state index is 0.364. The Labute approximate surface area is 373 Å². The molecule has 0 saturated heterocycles. The van der Waals surface area contributed by atoms with Gasteiger partial charge in [0.2, 0.25) is 5.91 Å². The molecule has 0 saturated carbocycles. The van der Waals surface area contributed by atoms with E-state index in [1.807, 2.05) is 0 Å². The number of carbonyl (C=O) groups is 1. The van der Waals surface area contributed by atoms with Gasteiger partial charge in [-0.05, 0) is 70.6 Å². The zero-order valence-electron chi connectivity index (χ0n) is 40.0. The topological polar surface area (TPSA) is 110 Å². The van der Waals surface area contributed by atoms with Crippen molar-refractivity contribution in [1.29, 1.82) is 0 Å². The number of amides is 1. The van der Waals surface area contributed by atoms with E-state index < -0.39 is 36.9 Å². The fraction of sp³-hybridized carbons (Fsp3) is 0.870. The van der Waals surface area contributed by atoms with Crippen molar-refractivity contribution in [3.8, 4) is 0 Å². The van der Waals surface area contributed by atoms with Crippen LogP contribution in [-0.2, 0) is 4.79 Å². The Morgan fingerprint density at radius 1 is 0.417 bits per heavy atom. The molecule has 60 heavy (non-hydrogen) atoms. The third-order valence-corrected chi connectivity index (χ3v) is 12.3. The Kier molecular flexibility index (Phi) is 47.4. The Balaban J connectivity index is 3.59. The van der Waals surface area contributed by atoms with Crippen LogP contribution in [0.25, 0.3) is 0 Å². The van der Waals surface area contributed by atoms with Gasteiger partial charge in [0.05, 0.1) is 18.8 Å². The lowest BCUT2D eigenvalue weighted by Gasteiger charge is -2.27. The van der Waals surface area contributed by atoms with Crippen molar-refractivity contribution < 1.29 is 25.2 Å². The van der Waals surface area contributed by atoms with Crippen LogP contribution >= 0.6 is 0 Å². The maximum absolute atomic E-state index is 12.5. The number of hydrogen-bond donors (Lipinski definition) is 5. The molecule has 0 rings (SSSR count). The monoisotopic (exact) mass is 846 g/mol. The molecular weight excluding hydrogens is 743 g/mol.